The van der Waals surface area contributed by atoms with Crippen molar-refractivity contribution < 1.29 is 4.79 Å². The van der Waals surface area contributed by atoms with Crippen LogP contribution in [0.2, 0.25) is 5.15 Å². The maximum absolute atomic E-state index is 11.6. The monoisotopic (exact) mass is 235 g/mol. The first-order valence-corrected chi connectivity index (χ1v) is 5.56. The number of aromatic amines is 1. The van der Waals surface area contributed by atoms with E-state index in [1.165, 1.54) is 0 Å². The Morgan fingerprint density at radius 1 is 1.44 bits per heavy atom. The summed E-state index contributed by atoms with van der Waals surface area (Å²) in [5.74, 6) is 0.322. The van der Waals surface area contributed by atoms with Crippen LogP contribution in [0.4, 0.5) is 0 Å². The van der Waals surface area contributed by atoms with Gasteiger partial charge in [0.05, 0.1) is 11.3 Å². The van der Waals surface area contributed by atoms with E-state index in [2.05, 4.69) is 15.5 Å². The average molecular weight is 236 g/mol. The van der Waals surface area contributed by atoms with Gasteiger partial charge < -0.3 is 4.98 Å². The van der Waals surface area contributed by atoms with Gasteiger partial charge in [0.1, 0.15) is 5.15 Å². The molecule has 1 amide bonds. The lowest BCUT2D eigenvalue weighted by atomic mass is 10.1. The van der Waals surface area contributed by atoms with Crippen molar-refractivity contribution in [2.24, 2.45) is 11.0 Å². The van der Waals surface area contributed by atoms with Crippen molar-refractivity contribution in [2.45, 2.75) is 12.8 Å². The number of rotatable bonds is 2. The van der Waals surface area contributed by atoms with Gasteiger partial charge in [-0.2, -0.15) is 5.10 Å². The number of carbonyl (C=O) groups is 1. The molecule has 82 valence electrons. The van der Waals surface area contributed by atoms with E-state index in [1.54, 1.807) is 12.1 Å². The predicted octanol–water partition coefficient (Wildman–Crippen LogP) is 1.95. The van der Waals surface area contributed by atoms with Crippen molar-refractivity contribution >= 4 is 29.3 Å². The van der Waals surface area contributed by atoms with Crippen LogP contribution in [0.15, 0.2) is 22.8 Å². The second-order valence-electron chi connectivity index (χ2n) is 4.03. The van der Waals surface area contributed by atoms with E-state index in [0.717, 1.165) is 24.2 Å². The molecule has 0 spiro atoms. The summed E-state index contributed by atoms with van der Waals surface area (Å²) in [4.78, 5) is 14.5. The summed E-state index contributed by atoms with van der Waals surface area (Å²) in [6.07, 6.45) is 4.04. The van der Waals surface area contributed by atoms with Gasteiger partial charge in [0.25, 0.3) is 5.91 Å². The molecule has 0 saturated heterocycles. The van der Waals surface area contributed by atoms with Crippen molar-refractivity contribution in [3.8, 4) is 0 Å². The van der Waals surface area contributed by atoms with Gasteiger partial charge in [-0.25, -0.2) is 5.43 Å². The highest BCUT2D eigenvalue weighted by Crippen LogP contribution is 2.35. The molecule has 1 aromatic heterocycles. The number of nitrogens with one attached hydrogen (secondary N) is 2. The van der Waals surface area contributed by atoms with Crippen molar-refractivity contribution in [3.63, 3.8) is 0 Å². The molecule has 5 heteroatoms. The average Bonchev–Trinajstić information content (AvgIpc) is 2.93. The van der Waals surface area contributed by atoms with E-state index in [-0.39, 0.29) is 5.91 Å². The maximum atomic E-state index is 11.6. The molecular formula is C11H10ClN3O. The van der Waals surface area contributed by atoms with Crippen LogP contribution in [0.25, 0.3) is 6.08 Å². The predicted molar refractivity (Wildman–Crippen MR) is 62.1 cm³/mol. The molecule has 16 heavy (non-hydrogen) atoms. The van der Waals surface area contributed by atoms with Crippen LogP contribution in [0, 0.1) is 5.92 Å². The number of amides is 1. The largest absolute Gasteiger partial charge is 0.346 e. The quantitative estimate of drug-likeness (QED) is 0.757. The molecule has 0 unspecified atom stereocenters. The number of carbonyl (C=O) groups excluding carboxylic acids is 1. The first-order valence-electron chi connectivity index (χ1n) is 5.18. The summed E-state index contributed by atoms with van der Waals surface area (Å²) in [5, 5.41) is 4.63. The minimum atomic E-state index is -0.132. The molecule has 0 atom stereocenters. The molecule has 1 aliphatic heterocycles. The zero-order chi connectivity index (χ0) is 11.1. The summed E-state index contributed by atoms with van der Waals surface area (Å²) in [5.41, 5.74) is 4.87. The molecule has 3 rings (SSSR count). The Kier molecular flexibility index (Phi) is 2.11. The Balaban J connectivity index is 1.94. The number of H-pyrrole nitrogens is 1. The smallest absolute Gasteiger partial charge is 0.273 e. The maximum Gasteiger partial charge on any atom is 0.273 e. The highest BCUT2D eigenvalue weighted by atomic mass is 35.5. The number of aromatic nitrogens is 1. The van der Waals surface area contributed by atoms with Crippen LogP contribution < -0.4 is 5.43 Å². The second-order valence-corrected chi connectivity index (χ2v) is 4.44. The third-order valence-electron chi connectivity index (χ3n) is 2.74. The Hall–Kier alpha value is -1.55. The molecular weight excluding hydrogens is 226 g/mol. The second kappa shape index (κ2) is 3.49. The van der Waals surface area contributed by atoms with E-state index in [4.69, 9.17) is 11.6 Å². The van der Waals surface area contributed by atoms with Gasteiger partial charge in [0.15, 0.2) is 0 Å². The third kappa shape index (κ3) is 1.65. The third-order valence-corrected chi connectivity index (χ3v) is 2.96. The van der Waals surface area contributed by atoms with Crippen molar-refractivity contribution in [1.82, 2.24) is 10.4 Å². The number of hydrogen-bond donors (Lipinski definition) is 2. The fraction of sp³-hybridized carbons (Fsp3) is 0.273. The highest BCUT2D eigenvalue weighted by Gasteiger charge is 2.35. The molecule has 4 nitrogen and oxygen atoms in total. The van der Waals surface area contributed by atoms with Gasteiger partial charge in [-0.1, -0.05) is 11.6 Å². The Bertz CT molecular complexity index is 511. The van der Waals surface area contributed by atoms with Gasteiger partial charge in [-0.3, -0.25) is 4.79 Å². The number of hydrogen-bond acceptors (Lipinski definition) is 2. The normalized spacial score (nSPS) is 22.4. The molecule has 2 N–H and O–H groups in total. The van der Waals surface area contributed by atoms with Crippen LogP contribution in [0.5, 0.6) is 0 Å². The summed E-state index contributed by atoms with van der Waals surface area (Å²) in [7, 11) is 0. The summed E-state index contributed by atoms with van der Waals surface area (Å²) in [6.45, 7) is 0. The first kappa shape index (κ1) is 9.66. The van der Waals surface area contributed by atoms with E-state index in [0.29, 0.717) is 16.6 Å². The molecule has 1 aromatic rings. The molecule has 0 aromatic carbocycles. The van der Waals surface area contributed by atoms with E-state index in [1.807, 2.05) is 6.07 Å². The summed E-state index contributed by atoms with van der Waals surface area (Å²) in [6, 6.07) is 3.60. The van der Waals surface area contributed by atoms with E-state index >= 15 is 0 Å². The number of hydrazone groups is 1. The Morgan fingerprint density at radius 2 is 2.25 bits per heavy atom. The highest BCUT2D eigenvalue weighted by molar-refractivity contribution is 6.30. The van der Waals surface area contributed by atoms with Gasteiger partial charge >= 0.3 is 0 Å². The van der Waals surface area contributed by atoms with Gasteiger partial charge in [0, 0.05) is 11.6 Å². The minimum Gasteiger partial charge on any atom is -0.346 e. The molecule has 1 aliphatic carbocycles. The first-order chi connectivity index (χ1) is 7.74. The van der Waals surface area contributed by atoms with Gasteiger partial charge in [-0.15, -0.1) is 0 Å². The molecule has 2 heterocycles. The SMILES string of the molecule is O=C1NN=C(C2CC2)/C1=C\c1ccc(Cl)[nH]1. The molecule has 0 radical (unpaired) electrons. The van der Waals surface area contributed by atoms with Crippen molar-refractivity contribution in [2.75, 3.05) is 0 Å². The molecule has 1 saturated carbocycles. The van der Waals surface area contributed by atoms with Crippen LogP contribution in [0.3, 0.4) is 0 Å². The zero-order valence-corrected chi connectivity index (χ0v) is 9.21. The van der Waals surface area contributed by atoms with Gasteiger partial charge in [-0.05, 0) is 31.1 Å². The van der Waals surface area contributed by atoms with E-state index in [9.17, 15) is 4.79 Å². The molecule has 0 bridgehead atoms. The van der Waals surface area contributed by atoms with Crippen LogP contribution in [-0.2, 0) is 4.79 Å². The van der Waals surface area contributed by atoms with Gasteiger partial charge in [0.2, 0.25) is 0 Å². The topological polar surface area (TPSA) is 57.2 Å². The summed E-state index contributed by atoms with van der Waals surface area (Å²) < 4.78 is 0. The fourth-order valence-corrected chi connectivity index (χ4v) is 1.95. The lowest BCUT2D eigenvalue weighted by Crippen LogP contribution is -2.13. The summed E-state index contributed by atoms with van der Waals surface area (Å²) >= 11 is 5.78. The Labute approximate surface area is 97.4 Å². The van der Waals surface area contributed by atoms with Crippen molar-refractivity contribution in [3.05, 3.63) is 28.6 Å². The minimum absolute atomic E-state index is 0.132. The standard InChI is InChI=1S/C11H10ClN3O/c12-9-4-3-7(13-9)5-8-10(6-1-2-6)14-15-11(8)16/h3-6,13H,1-2H2,(H,15,16)/b8-5+. The fourth-order valence-electron chi connectivity index (χ4n) is 1.78. The molecule has 2 aliphatic rings. The number of halogens is 1. The Morgan fingerprint density at radius 3 is 2.88 bits per heavy atom. The molecule has 1 fully saturated rings. The zero-order valence-electron chi connectivity index (χ0n) is 8.46. The van der Waals surface area contributed by atoms with Crippen LogP contribution in [-0.4, -0.2) is 16.6 Å². The van der Waals surface area contributed by atoms with Crippen molar-refractivity contribution in [1.29, 1.82) is 0 Å². The lowest BCUT2D eigenvalue weighted by molar-refractivity contribution is -0.116. The lowest BCUT2D eigenvalue weighted by Gasteiger charge is -1.97. The number of nitrogens with zero attached hydrogens (tertiary/aromatic N) is 1. The van der Waals surface area contributed by atoms with Crippen LogP contribution in [0.1, 0.15) is 18.5 Å². The van der Waals surface area contributed by atoms with Crippen LogP contribution >= 0.6 is 11.6 Å². The van der Waals surface area contributed by atoms with E-state index < -0.39 is 0 Å².